The summed E-state index contributed by atoms with van der Waals surface area (Å²) < 4.78 is 27.4. The number of rotatable bonds is 4. The molecule has 0 radical (unpaired) electrons. The third-order valence-corrected chi connectivity index (χ3v) is 7.49. The van der Waals surface area contributed by atoms with Crippen molar-refractivity contribution >= 4 is 46.0 Å². The summed E-state index contributed by atoms with van der Waals surface area (Å²) in [6, 6.07) is 7.05. The van der Waals surface area contributed by atoms with E-state index >= 15 is 0 Å². The van der Waals surface area contributed by atoms with Crippen molar-refractivity contribution in [2.75, 3.05) is 36.0 Å². The molecule has 11 heteroatoms. The maximum Gasteiger partial charge on any atom is 0.288 e. The van der Waals surface area contributed by atoms with Gasteiger partial charge in [0.25, 0.3) is 17.7 Å². The molecule has 3 fully saturated rings. The van der Waals surface area contributed by atoms with E-state index in [0.29, 0.717) is 16.7 Å². The molecule has 8 nitrogen and oxygen atoms in total. The van der Waals surface area contributed by atoms with Crippen LogP contribution in [0.5, 0.6) is 0 Å². The van der Waals surface area contributed by atoms with Crippen molar-refractivity contribution in [3.05, 3.63) is 44.8 Å². The number of alkyl halides is 2. The normalized spacial score (nSPS) is 20.0. The van der Waals surface area contributed by atoms with Crippen molar-refractivity contribution in [1.82, 2.24) is 20.8 Å². The van der Waals surface area contributed by atoms with Gasteiger partial charge in [-0.15, -0.1) is 0 Å². The highest BCUT2D eigenvalue weighted by atomic mass is 127. The van der Waals surface area contributed by atoms with Crippen LogP contribution in [0.2, 0.25) is 0 Å². The Morgan fingerprint density at radius 1 is 0.971 bits per heavy atom. The van der Waals surface area contributed by atoms with E-state index in [1.807, 2.05) is 12.1 Å². The number of anilines is 2. The Morgan fingerprint density at radius 2 is 1.65 bits per heavy atom. The van der Waals surface area contributed by atoms with Gasteiger partial charge in [-0.3, -0.25) is 20.4 Å². The molecule has 2 aliphatic heterocycles. The fourth-order valence-corrected chi connectivity index (χ4v) is 5.04. The van der Waals surface area contributed by atoms with Crippen LogP contribution in [-0.2, 0) is 0 Å². The molecule has 1 aromatic heterocycles. The fourth-order valence-electron chi connectivity index (χ4n) is 4.57. The zero-order chi connectivity index (χ0) is 24.1. The molecule has 180 valence electrons. The first-order valence-corrected chi connectivity index (χ1v) is 12.3. The van der Waals surface area contributed by atoms with Gasteiger partial charge in [-0.2, -0.15) is 0 Å². The number of carbonyl (C=O) groups excluding carboxylic acids is 2. The summed E-state index contributed by atoms with van der Waals surface area (Å²) in [5.74, 6) is -3.78. The van der Waals surface area contributed by atoms with Crippen LogP contribution in [0.15, 0.2) is 24.3 Å². The molecular weight excluding hydrogens is 557 g/mol. The number of nitrogens with one attached hydrogen (secondary N) is 2. The molecule has 1 spiro atoms. The molecule has 1 aliphatic carbocycles. The third-order valence-electron chi connectivity index (χ3n) is 6.82. The van der Waals surface area contributed by atoms with Crippen molar-refractivity contribution in [3.8, 4) is 0 Å². The van der Waals surface area contributed by atoms with Gasteiger partial charge in [-0.05, 0) is 84.9 Å². The maximum absolute atomic E-state index is 13.2. The van der Waals surface area contributed by atoms with Crippen LogP contribution in [0.1, 0.15) is 52.2 Å². The lowest BCUT2D eigenvalue weighted by atomic mass is 9.93. The van der Waals surface area contributed by atoms with Gasteiger partial charge in [0.1, 0.15) is 5.69 Å². The lowest BCUT2D eigenvalue weighted by molar-refractivity contribution is -0.0272. The highest BCUT2D eigenvalue weighted by Crippen LogP contribution is 2.54. The van der Waals surface area contributed by atoms with Gasteiger partial charge >= 0.3 is 0 Å². The molecule has 3 aliphatic rings. The Kier molecular flexibility index (Phi) is 5.85. The van der Waals surface area contributed by atoms with E-state index in [4.69, 9.17) is 0 Å². The number of benzene rings is 1. The SMILES string of the molecule is Cc1cc(C(=O)NNC(=O)c2ccc(I)cc2N2CCC3(CC2)CC3)nc(N2CC(F)(F)C2)n1. The van der Waals surface area contributed by atoms with Crippen LogP contribution in [0.3, 0.4) is 0 Å². The smallest absolute Gasteiger partial charge is 0.288 e. The highest BCUT2D eigenvalue weighted by Gasteiger charge is 2.46. The Labute approximate surface area is 209 Å². The zero-order valence-corrected chi connectivity index (χ0v) is 20.9. The molecule has 5 rings (SSSR count). The largest absolute Gasteiger partial charge is 0.371 e. The topological polar surface area (TPSA) is 90.5 Å². The molecule has 0 bridgehead atoms. The predicted molar refractivity (Wildman–Crippen MR) is 131 cm³/mol. The number of aromatic nitrogens is 2. The van der Waals surface area contributed by atoms with Crippen molar-refractivity contribution < 1.29 is 18.4 Å². The molecule has 1 saturated carbocycles. The summed E-state index contributed by atoms with van der Waals surface area (Å²) in [5.41, 5.74) is 7.19. The van der Waals surface area contributed by atoms with Gasteiger partial charge in [-0.1, -0.05) is 0 Å². The molecule has 2 saturated heterocycles. The minimum Gasteiger partial charge on any atom is -0.371 e. The van der Waals surface area contributed by atoms with Gasteiger partial charge in [0.05, 0.1) is 24.3 Å². The molecule has 1 aromatic carbocycles. The van der Waals surface area contributed by atoms with Crippen molar-refractivity contribution in [1.29, 1.82) is 0 Å². The second kappa shape index (κ2) is 8.58. The summed E-state index contributed by atoms with van der Waals surface area (Å²) in [5, 5.41) is 0. The summed E-state index contributed by atoms with van der Waals surface area (Å²) >= 11 is 2.23. The molecule has 0 atom stereocenters. The summed E-state index contributed by atoms with van der Waals surface area (Å²) in [6.45, 7) is 2.50. The van der Waals surface area contributed by atoms with Crippen LogP contribution in [-0.4, -0.2) is 53.9 Å². The average molecular weight is 582 g/mol. The number of hydrazine groups is 1. The van der Waals surface area contributed by atoms with Gasteiger partial charge < -0.3 is 9.80 Å². The first-order chi connectivity index (χ1) is 16.1. The van der Waals surface area contributed by atoms with E-state index in [1.165, 1.54) is 23.8 Å². The van der Waals surface area contributed by atoms with Gasteiger partial charge in [0.15, 0.2) is 0 Å². The first-order valence-electron chi connectivity index (χ1n) is 11.3. The average Bonchev–Trinajstić information content (AvgIpc) is 3.54. The van der Waals surface area contributed by atoms with E-state index < -0.39 is 30.8 Å². The van der Waals surface area contributed by atoms with Gasteiger partial charge in [0.2, 0.25) is 5.95 Å². The van der Waals surface area contributed by atoms with E-state index in [-0.39, 0.29) is 11.6 Å². The number of piperidine rings is 1. The Morgan fingerprint density at radius 3 is 2.29 bits per heavy atom. The van der Waals surface area contributed by atoms with Crippen molar-refractivity contribution in [2.45, 2.75) is 38.5 Å². The maximum atomic E-state index is 13.2. The molecular formula is C23H25F2IN6O2. The number of amides is 2. The fraction of sp³-hybridized carbons (Fsp3) is 0.478. The third kappa shape index (κ3) is 4.80. The minimum atomic E-state index is -2.78. The van der Waals surface area contributed by atoms with Crippen LogP contribution in [0.25, 0.3) is 0 Å². The number of nitrogens with zero attached hydrogens (tertiary/aromatic N) is 4. The number of aryl methyl sites for hydroxylation is 1. The molecule has 34 heavy (non-hydrogen) atoms. The number of hydrogen-bond donors (Lipinski definition) is 2. The van der Waals surface area contributed by atoms with Crippen molar-refractivity contribution in [3.63, 3.8) is 0 Å². The zero-order valence-electron chi connectivity index (χ0n) is 18.7. The van der Waals surface area contributed by atoms with E-state index in [2.05, 4.69) is 48.3 Å². The van der Waals surface area contributed by atoms with Crippen LogP contribution < -0.4 is 20.7 Å². The predicted octanol–water partition coefficient (Wildman–Crippen LogP) is 3.30. The molecule has 0 unspecified atom stereocenters. The van der Waals surface area contributed by atoms with Crippen molar-refractivity contribution in [2.24, 2.45) is 5.41 Å². The minimum absolute atomic E-state index is 0.00777. The van der Waals surface area contributed by atoms with Crippen LogP contribution in [0.4, 0.5) is 20.4 Å². The standard InChI is InChI=1S/C23H25F2IN6O2/c1-14-10-17(28-21(27-14)32-12-23(24,25)13-32)20(34)30-29-19(33)16-3-2-15(26)11-18(16)31-8-6-22(4-5-22)7-9-31/h2-3,10-11H,4-9,12-13H2,1H3,(H,29,33)(H,30,34). The lowest BCUT2D eigenvalue weighted by Crippen LogP contribution is -2.57. The quantitative estimate of drug-likeness (QED) is 0.425. The Hall–Kier alpha value is -2.57. The molecule has 2 N–H and O–H groups in total. The lowest BCUT2D eigenvalue weighted by Gasteiger charge is -2.38. The first kappa shape index (κ1) is 23.2. The number of hydrogen-bond acceptors (Lipinski definition) is 6. The van der Waals surface area contributed by atoms with Gasteiger partial charge in [0, 0.05) is 22.4 Å². The molecule has 2 aromatic rings. The van der Waals surface area contributed by atoms with E-state index in [0.717, 1.165) is 35.2 Å². The highest BCUT2D eigenvalue weighted by molar-refractivity contribution is 14.1. The second-order valence-electron chi connectivity index (χ2n) is 9.46. The Bertz CT molecular complexity index is 1140. The summed E-state index contributed by atoms with van der Waals surface area (Å²) in [7, 11) is 0. The van der Waals surface area contributed by atoms with Crippen LogP contribution >= 0.6 is 22.6 Å². The monoisotopic (exact) mass is 582 g/mol. The summed E-state index contributed by atoms with van der Waals surface area (Å²) in [4.78, 5) is 37.4. The Balaban J connectivity index is 1.26. The summed E-state index contributed by atoms with van der Waals surface area (Å²) in [6.07, 6.45) is 4.87. The number of halogens is 3. The van der Waals surface area contributed by atoms with E-state index in [9.17, 15) is 18.4 Å². The van der Waals surface area contributed by atoms with E-state index in [1.54, 1.807) is 13.0 Å². The molecule has 2 amide bonds. The van der Waals surface area contributed by atoms with Crippen LogP contribution in [0, 0.1) is 15.9 Å². The second-order valence-corrected chi connectivity index (χ2v) is 10.7. The molecule has 3 heterocycles. The van der Waals surface area contributed by atoms with Gasteiger partial charge in [-0.25, -0.2) is 18.7 Å². The number of carbonyl (C=O) groups is 2.